The summed E-state index contributed by atoms with van der Waals surface area (Å²) in [7, 11) is 0. The molecule has 1 aromatic rings. The van der Waals surface area contributed by atoms with Crippen LogP contribution >= 0.6 is 0 Å². The van der Waals surface area contributed by atoms with Gasteiger partial charge in [0.15, 0.2) is 0 Å². The van der Waals surface area contributed by atoms with Crippen LogP contribution in [0.15, 0.2) is 85.2 Å². The Morgan fingerprint density at radius 3 is 2.02 bits per heavy atom. The van der Waals surface area contributed by atoms with E-state index >= 15 is 0 Å². The van der Waals surface area contributed by atoms with E-state index in [9.17, 15) is 9.59 Å². The predicted molar refractivity (Wildman–Crippen MR) is 192 cm³/mol. The molecule has 1 fully saturated rings. The second-order valence-corrected chi connectivity index (χ2v) is 11.4. The number of carbonyl (C=O) groups is 2. The summed E-state index contributed by atoms with van der Waals surface area (Å²) in [5.74, 6) is -0.00109. The third-order valence-electron chi connectivity index (χ3n) is 7.41. The molecule has 252 valence electrons. The van der Waals surface area contributed by atoms with Crippen LogP contribution < -0.4 is 10.6 Å². The van der Waals surface area contributed by atoms with Crippen LogP contribution in [-0.2, 0) is 20.7 Å². The number of likely N-dealkylation sites (tertiary alicyclic amines) is 1. The van der Waals surface area contributed by atoms with E-state index in [1.165, 1.54) is 25.9 Å². The SMILES string of the molecule is CC/C=C\C/C=C\C/C=C\C/C=C\C/C=C\CCCC(=O)NCCOCCNC(=O)C/C=C/c1ccc(CCN2CCCC2)nc1. The fourth-order valence-electron chi connectivity index (χ4n) is 4.80. The first-order chi connectivity index (χ1) is 22.7. The van der Waals surface area contributed by atoms with Crippen LogP contribution in [0.5, 0.6) is 0 Å². The Hall–Kier alpha value is -3.55. The number of amides is 2. The normalized spacial score (nSPS) is 14.4. The van der Waals surface area contributed by atoms with Crippen LogP contribution in [-0.4, -0.2) is 67.6 Å². The highest BCUT2D eigenvalue weighted by Gasteiger charge is 2.11. The zero-order chi connectivity index (χ0) is 32.8. The van der Waals surface area contributed by atoms with Gasteiger partial charge in [0.05, 0.1) is 13.2 Å². The quantitative estimate of drug-likeness (QED) is 0.0876. The lowest BCUT2D eigenvalue weighted by atomic mass is 10.2. The number of unbranched alkanes of at least 4 members (excludes halogenated alkanes) is 1. The van der Waals surface area contributed by atoms with E-state index in [0.717, 1.165) is 69.2 Å². The summed E-state index contributed by atoms with van der Waals surface area (Å²) in [5, 5.41) is 5.74. The summed E-state index contributed by atoms with van der Waals surface area (Å²) in [4.78, 5) is 31.1. The van der Waals surface area contributed by atoms with Crippen LogP contribution in [0.3, 0.4) is 0 Å². The number of pyridine rings is 1. The van der Waals surface area contributed by atoms with Gasteiger partial charge in [0.25, 0.3) is 0 Å². The van der Waals surface area contributed by atoms with Crippen molar-refractivity contribution in [1.29, 1.82) is 0 Å². The number of hydrogen-bond acceptors (Lipinski definition) is 5. The Labute approximate surface area is 278 Å². The Morgan fingerprint density at radius 2 is 1.41 bits per heavy atom. The van der Waals surface area contributed by atoms with Gasteiger partial charge >= 0.3 is 0 Å². The van der Waals surface area contributed by atoms with Crippen LogP contribution in [0.25, 0.3) is 6.08 Å². The molecule has 0 saturated carbocycles. The van der Waals surface area contributed by atoms with Gasteiger partial charge in [0.2, 0.25) is 11.8 Å². The van der Waals surface area contributed by atoms with Gasteiger partial charge in [-0.25, -0.2) is 0 Å². The Balaban J connectivity index is 1.36. The third kappa shape index (κ3) is 22.0. The highest BCUT2D eigenvalue weighted by Crippen LogP contribution is 2.09. The molecular weight excluding hydrogens is 572 g/mol. The van der Waals surface area contributed by atoms with E-state index in [1.54, 1.807) is 0 Å². The summed E-state index contributed by atoms with van der Waals surface area (Å²) in [5.41, 5.74) is 2.11. The van der Waals surface area contributed by atoms with E-state index in [0.29, 0.717) is 39.1 Å². The maximum Gasteiger partial charge on any atom is 0.223 e. The number of nitrogens with one attached hydrogen (secondary N) is 2. The first kappa shape index (κ1) is 38.6. The van der Waals surface area contributed by atoms with Crippen molar-refractivity contribution in [1.82, 2.24) is 20.5 Å². The second kappa shape index (κ2) is 27.7. The van der Waals surface area contributed by atoms with Gasteiger partial charge in [-0.3, -0.25) is 14.6 Å². The molecule has 2 amide bonds. The van der Waals surface area contributed by atoms with Crippen molar-refractivity contribution >= 4 is 17.9 Å². The lowest BCUT2D eigenvalue weighted by molar-refractivity contribution is -0.121. The van der Waals surface area contributed by atoms with Crippen molar-refractivity contribution in [3.8, 4) is 0 Å². The second-order valence-electron chi connectivity index (χ2n) is 11.4. The van der Waals surface area contributed by atoms with E-state index < -0.39 is 0 Å². The average molecular weight is 631 g/mol. The zero-order valence-corrected chi connectivity index (χ0v) is 28.2. The van der Waals surface area contributed by atoms with E-state index in [1.807, 2.05) is 18.3 Å². The molecule has 0 radical (unpaired) electrons. The zero-order valence-electron chi connectivity index (χ0n) is 28.2. The van der Waals surface area contributed by atoms with Gasteiger partial charge in [-0.15, -0.1) is 0 Å². The molecule has 46 heavy (non-hydrogen) atoms. The Bertz CT molecular complexity index is 1110. The lowest BCUT2D eigenvalue weighted by Crippen LogP contribution is -2.29. The molecule has 1 aliphatic rings. The number of allylic oxidation sites excluding steroid dienone is 10. The van der Waals surface area contributed by atoms with Crippen molar-refractivity contribution < 1.29 is 14.3 Å². The highest BCUT2D eigenvalue weighted by molar-refractivity contribution is 5.78. The van der Waals surface area contributed by atoms with Gasteiger partial charge in [0, 0.05) is 50.8 Å². The first-order valence-corrected chi connectivity index (χ1v) is 17.4. The van der Waals surface area contributed by atoms with Crippen molar-refractivity contribution in [3.63, 3.8) is 0 Å². The van der Waals surface area contributed by atoms with Gasteiger partial charge in [0.1, 0.15) is 0 Å². The number of carbonyl (C=O) groups excluding carboxylic acids is 2. The van der Waals surface area contributed by atoms with E-state index in [4.69, 9.17) is 4.74 Å². The number of ether oxygens (including phenoxy) is 1. The highest BCUT2D eigenvalue weighted by atomic mass is 16.5. The van der Waals surface area contributed by atoms with Gasteiger partial charge in [-0.1, -0.05) is 85.9 Å². The molecule has 1 aliphatic heterocycles. The number of aromatic nitrogens is 1. The van der Waals surface area contributed by atoms with Crippen LogP contribution in [0.2, 0.25) is 0 Å². The monoisotopic (exact) mass is 630 g/mol. The largest absolute Gasteiger partial charge is 0.378 e. The van der Waals surface area contributed by atoms with Crippen molar-refractivity contribution in [2.24, 2.45) is 0 Å². The molecular formula is C39H58N4O3. The molecule has 7 heteroatoms. The Morgan fingerprint density at radius 1 is 0.804 bits per heavy atom. The molecule has 0 aliphatic carbocycles. The van der Waals surface area contributed by atoms with Crippen LogP contribution in [0.4, 0.5) is 0 Å². The molecule has 2 rings (SSSR count). The first-order valence-electron chi connectivity index (χ1n) is 17.4. The number of hydrogen-bond donors (Lipinski definition) is 2. The molecule has 2 N–H and O–H groups in total. The van der Waals surface area contributed by atoms with Gasteiger partial charge < -0.3 is 20.3 Å². The molecule has 0 aromatic carbocycles. The molecule has 7 nitrogen and oxygen atoms in total. The summed E-state index contributed by atoms with van der Waals surface area (Å²) in [6.07, 6.45) is 38.7. The molecule has 0 atom stereocenters. The third-order valence-corrected chi connectivity index (χ3v) is 7.41. The van der Waals surface area contributed by atoms with Crippen LogP contribution in [0, 0.1) is 0 Å². The smallest absolute Gasteiger partial charge is 0.223 e. The summed E-state index contributed by atoms with van der Waals surface area (Å²) >= 11 is 0. The fourth-order valence-corrected chi connectivity index (χ4v) is 4.80. The van der Waals surface area contributed by atoms with Crippen LogP contribution in [0.1, 0.15) is 88.8 Å². The van der Waals surface area contributed by atoms with E-state index in [2.05, 4.69) is 100 Å². The lowest BCUT2D eigenvalue weighted by Gasteiger charge is -2.13. The van der Waals surface area contributed by atoms with Crippen molar-refractivity contribution in [2.75, 3.05) is 45.9 Å². The molecule has 1 saturated heterocycles. The summed E-state index contributed by atoms with van der Waals surface area (Å²) < 4.78 is 5.52. The summed E-state index contributed by atoms with van der Waals surface area (Å²) in [6.45, 7) is 7.41. The van der Waals surface area contributed by atoms with Crippen molar-refractivity contribution in [2.45, 2.75) is 84.0 Å². The molecule has 0 spiro atoms. The minimum absolute atomic E-state index is 0.0444. The maximum atomic E-state index is 12.1. The number of nitrogens with zero attached hydrogens (tertiary/aromatic N) is 2. The summed E-state index contributed by atoms with van der Waals surface area (Å²) in [6, 6.07) is 4.13. The van der Waals surface area contributed by atoms with E-state index in [-0.39, 0.29) is 11.8 Å². The number of rotatable bonds is 25. The standard InChI is InChI=1S/C39H58N4O3/c1-2-3-4-5-6-7-8-9-10-11-12-13-14-15-16-17-18-23-38(44)40-28-33-46-34-29-41-39(45)24-21-22-36-25-26-37(42-35-36)27-32-43-30-19-20-31-43/h3-4,6-7,9-10,12-13,15-16,21-22,25-26,35H,2,5,8,11,14,17-20,23-24,27-34H2,1H3,(H,40,44)(H,41,45)/b4-3-,7-6-,10-9-,13-12-,16-15-,22-21+. The molecule has 1 aromatic heterocycles. The minimum atomic E-state index is -0.0455. The molecule has 2 heterocycles. The topological polar surface area (TPSA) is 83.6 Å². The average Bonchev–Trinajstić information content (AvgIpc) is 3.59. The molecule has 0 bridgehead atoms. The predicted octanol–water partition coefficient (Wildman–Crippen LogP) is 7.29. The van der Waals surface area contributed by atoms with Gasteiger partial charge in [-0.05, 0) is 82.5 Å². The fraction of sp³-hybridized carbons (Fsp3) is 0.513. The maximum absolute atomic E-state index is 12.1. The van der Waals surface area contributed by atoms with Gasteiger partial charge in [-0.2, -0.15) is 0 Å². The Kier molecular flexibility index (Phi) is 23.3. The minimum Gasteiger partial charge on any atom is -0.378 e. The van der Waals surface area contributed by atoms with Crippen molar-refractivity contribution in [3.05, 3.63) is 96.4 Å². The molecule has 0 unspecified atom stereocenters.